The molecule has 3 N–H and O–H groups in total. The largest absolute Gasteiger partial charge is 0.389 e. The molecule has 106 valence electrons. The summed E-state index contributed by atoms with van der Waals surface area (Å²) >= 11 is 5.97. The highest BCUT2D eigenvalue weighted by molar-refractivity contribution is 7.91. The van der Waals surface area contributed by atoms with Crippen LogP contribution in [0.25, 0.3) is 0 Å². The van der Waals surface area contributed by atoms with Crippen molar-refractivity contribution in [2.24, 2.45) is 11.7 Å². The smallest absolute Gasteiger partial charge is 0.250 e. The second-order valence-electron chi connectivity index (χ2n) is 4.97. The molecule has 1 aliphatic carbocycles. The van der Waals surface area contributed by atoms with E-state index in [1.54, 1.807) is 12.1 Å². The summed E-state index contributed by atoms with van der Waals surface area (Å²) < 4.78 is 27.7. The fourth-order valence-corrected chi connectivity index (χ4v) is 5.09. The van der Waals surface area contributed by atoms with E-state index in [-0.39, 0.29) is 15.2 Å². The minimum Gasteiger partial charge on any atom is -0.389 e. The monoisotopic (exact) mass is 318 g/mol. The Balaban J connectivity index is 2.15. The van der Waals surface area contributed by atoms with Crippen LogP contribution in [-0.4, -0.2) is 19.4 Å². The first kappa shape index (κ1) is 14.9. The maximum absolute atomic E-state index is 12.3. The van der Waals surface area contributed by atoms with Crippen LogP contribution >= 0.6 is 23.6 Å². The summed E-state index contributed by atoms with van der Waals surface area (Å²) in [5, 5.41) is 0. The van der Waals surface area contributed by atoms with Crippen LogP contribution in [0.2, 0.25) is 0 Å². The number of thiocarbonyl (C=S) groups is 1. The number of rotatable bonds is 4. The van der Waals surface area contributed by atoms with Crippen LogP contribution in [-0.2, 0) is 10.0 Å². The molecule has 0 saturated heterocycles. The average molecular weight is 318 g/mol. The van der Waals surface area contributed by atoms with Gasteiger partial charge in [-0.05, 0) is 30.9 Å². The van der Waals surface area contributed by atoms with E-state index in [0.29, 0.717) is 10.8 Å². The lowest BCUT2D eigenvalue weighted by molar-refractivity contribution is 0.310. The number of hydrogen-bond acceptors (Lipinski definition) is 4. The minimum atomic E-state index is -3.45. The van der Waals surface area contributed by atoms with E-state index in [2.05, 4.69) is 11.6 Å². The lowest BCUT2D eigenvalue weighted by Gasteiger charge is -2.28. The van der Waals surface area contributed by atoms with Gasteiger partial charge in [-0.2, -0.15) is 0 Å². The summed E-state index contributed by atoms with van der Waals surface area (Å²) in [6.07, 6.45) is 4.26. The summed E-state index contributed by atoms with van der Waals surface area (Å²) in [4.78, 5) is 0.865. The highest BCUT2D eigenvalue weighted by Gasteiger charge is 2.27. The van der Waals surface area contributed by atoms with E-state index in [0.717, 1.165) is 30.6 Å². The maximum Gasteiger partial charge on any atom is 0.250 e. The van der Waals surface area contributed by atoms with E-state index in [1.807, 2.05) is 0 Å². The van der Waals surface area contributed by atoms with Gasteiger partial charge in [0.15, 0.2) is 0 Å². The fraction of sp³-hybridized carbons (Fsp3) is 0.583. The summed E-state index contributed by atoms with van der Waals surface area (Å²) in [5.41, 5.74) is 5.50. The summed E-state index contributed by atoms with van der Waals surface area (Å²) in [6, 6.07) is 3.26. The Morgan fingerprint density at radius 2 is 2.11 bits per heavy atom. The van der Waals surface area contributed by atoms with Gasteiger partial charge in [-0.3, -0.25) is 0 Å². The second-order valence-corrected chi connectivity index (χ2v) is 8.44. The molecule has 0 aromatic carbocycles. The molecule has 4 nitrogen and oxygen atoms in total. The van der Waals surface area contributed by atoms with Crippen LogP contribution in [0.3, 0.4) is 0 Å². The zero-order valence-corrected chi connectivity index (χ0v) is 13.2. The van der Waals surface area contributed by atoms with E-state index in [1.165, 1.54) is 6.42 Å². The van der Waals surface area contributed by atoms with Crippen molar-refractivity contribution in [1.29, 1.82) is 0 Å². The van der Waals surface area contributed by atoms with Gasteiger partial charge in [0.1, 0.15) is 9.20 Å². The Hall–Kier alpha value is -0.500. The molecular formula is C12H18N2O2S3. The summed E-state index contributed by atoms with van der Waals surface area (Å²) in [7, 11) is -3.45. The molecule has 1 aliphatic rings. The van der Waals surface area contributed by atoms with Crippen LogP contribution in [0.5, 0.6) is 0 Å². The highest BCUT2D eigenvalue weighted by atomic mass is 32.2. The number of nitrogens with one attached hydrogen (secondary N) is 1. The number of sulfonamides is 1. The molecule has 0 bridgehead atoms. The molecule has 1 aromatic rings. The SMILES string of the molecule is CC1CCCCC1NS(=O)(=O)c1ccc(C(N)=S)s1. The molecule has 1 heterocycles. The van der Waals surface area contributed by atoms with E-state index < -0.39 is 10.0 Å². The first-order valence-corrected chi connectivity index (χ1v) is 9.03. The number of thiophene rings is 1. The topological polar surface area (TPSA) is 72.2 Å². The highest BCUT2D eigenvalue weighted by Crippen LogP contribution is 2.27. The molecule has 0 radical (unpaired) electrons. The van der Waals surface area contributed by atoms with Crippen molar-refractivity contribution in [3.8, 4) is 0 Å². The van der Waals surface area contributed by atoms with Gasteiger partial charge in [0, 0.05) is 6.04 Å². The summed E-state index contributed by atoms with van der Waals surface area (Å²) in [6.45, 7) is 2.10. The van der Waals surface area contributed by atoms with Crippen LogP contribution < -0.4 is 10.5 Å². The second kappa shape index (κ2) is 5.87. The van der Waals surface area contributed by atoms with Crippen LogP contribution in [0.4, 0.5) is 0 Å². The van der Waals surface area contributed by atoms with Gasteiger partial charge in [0.25, 0.3) is 0 Å². The van der Waals surface area contributed by atoms with Crippen molar-refractivity contribution in [2.75, 3.05) is 0 Å². The Labute approximate surface area is 123 Å². The third-order valence-electron chi connectivity index (χ3n) is 3.51. The molecule has 1 aromatic heterocycles. The molecule has 0 spiro atoms. The maximum atomic E-state index is 12.3. The van der Waals surface area contributed by atoms with Gasteiger partial charge in [-0.1, -0.05) is 32.0 Å². The van der Waals surface area contributed by atoms with E-state index in [4.69, 9.17) is 18.0 Å². The molecule has 1 saturated carbocycles. The predicted molar refractivity (Wildman–Crippen MR) is 81.9 cm³/mol. The average Bonchev–Trinajstić information content (AvgIpc) is 2.82. The molecular weight excluding hydrogens is 300 g/mol. The van der Waals surface area contributed by atoms with Crippen molar-refractivity contribution in [3.05, 3.63) is 17.0 Å². The van der Waals surface area contributed by atoms with Crippen molar-refractivity contribution < 1.29 is 8.42 Å². The van der Waals surface area contributed by atoms with Gasteiger partial charge < -0.3 is 5.73 Å². The summed E-state index contributed by atoms with van der Waals surface area (Å²) in [5.74, 6) is 0.388. The van der Waals surface area contributed by atoms with Gasteiger partial charge >= 0.3 is 0 Å². The van der Waals surface area contributed by atoms with Gasteiger partial charge in [-0.15, -0.1) is 11.3 Å². The molecule has 0 amide bonds. The van der Waals surface area contributed by atoms with Crippen molar-refractivity contribution in [1.82, 2.24) is 4.72 Å². The third-order valence-corrected chi connectivity index (χ3v) is 6.96. The van der Waals surface area contributed by atoms with Gasteiger partial charge in [0.2, 0.25) is 10.0 Å². The first-order valence-electron chi connectivity index (χ1n) is 6.32. The van der Waals surface area contributed by atoms with Crippen molar-refractivity contribution in [2.45, 2.75) is 42.9 Å². The molecule has 2 rings (SSSR count). The van der Waals surface area contributed by atoms with Crippen molar-refractivity contribution in [3.63, 3.8) is 0 Å². The Kier molecular flexibility index (Phi) is 4.60. The van der Waals surface area contributed by atoms with Crippen molar-refractivity contribution >= 4 is 38.6 Å². The first-order chi connectivity index (χ1) is 8.90. The Bertz CT molecular complexity index is 565. The molecule has 19 heavy (non-hydrogen) atoms. The molecule has 2 unspecified atom stereocenters. The van der Waals surface area contributed by atoms with Crippen LogP contribution in [0.15, 0.2) is 16.3 Å². The predicted octanol–water partition coefficient (Wildman–Crippen LogP) is 2.24. The lowest BCUT2D eigenvalue weighted by atomic mass is 9.87. The Morgan fingerprint density at radius 1 is 1.42 bits per heavy atom. The fourth-order valence-electron chi connectivity index (χ4n) is 2.35. The zero-order chi connectivity index (χ0) is 14.0. The van der Waals surface area contributed by atoms with Crippen LogP contribution in [0, 0.1) is 5.92 Å². The van der Waals surface area contributed by atoms with Gasteiger partial charge in [-0.25, -0.2) is 13.1 Å². The van der Waals surface area contributed by atoms with Gasteiger partial charge in [0.05, 0.1) is 4.88 Å². The Morgan fingerprint density at radius 3 is 2.68 bits per heavy atom. The number of nitrogens with two attached hydrogens (primary N) is 1. The van der Waals surface area contributed by atoms with E-state index >= 15 is 0 Å². The third kappa shape index (κ3) is 3.53. The molecule has 1 fully saturated rings. The van der Waals surface area contributed by atoms with E-state index in [9.17, 15) is 8.42 Å². The zero-order valence-electron chi connectivity index (χ0n) is 10.8. The lowest BCUT2D eigenvalue weighted by Crippen LogP contribution is -2.40. The normalized spacial score (nSPS) is 24.3. The minimum absolute atomic E-state index is 0.0362. The standard InChI is InChI=1S/C12H18N2O2S3/c1-8-4-2-3-5-9(8)14-19(15,16)11-7-6-10(18-11)12(13)17/h6-9,14H,2-5H2,1H3,(H2,13,17). The van der Waals surface area contributed by atoms with Crippen LogP contribution in [0.1, 0.15) is 37.5 Å². The molecule has 7 heteroatoms. The molecule has 2 atom stereocenters. The number of hydrogen-bond donors (Lipinski definition) is 2. The quantitative estimate of drug-likeness (QED) is 0.835. The molecule has 0 aliphatic heterocycles.